The predicted molar refractivity (Wildman–Crippen MR) is 75.1 cm³/mol. The number of carboxylic acid groups (broad SMARTS) is 1. The second kappa shape index (κ2) is 3.94. The topological polar surface area (TPSA) is 50.2 Å². The lowest BCUT2D eigenvalue weighted by molar-refractivity contribution is 0.0698. The number of aromatic nitrogens is 1. The Kier molecular flexibility index (Phi) is 2.58. The maximum atomic E-state index is 11.6. The highest BCUT2D eigenvalue weighted by atomic mass is 35.5. The van der Waals surface area contributed by atoms with Gasteiger partial charge in [-0.05, 0) is 24.5 Å². The smallest absolute Gasteiger partial charge is 0.336 e. The minimum Gasteiger partial charge on any atom is -0.478 e. The molecule has 19 heavy (non-hydrogen) atoms. The molecule has 2 aromatic rings. The van der Waals surface area contributed by atoms with Crippen LogP contribution in [-0.4, -0.2) is 16.1 Å². The van der Waals surface area contributed by atoms with Crippen LogP contribution in [-0.2, 0) is 11.8 Å². The van der Waals surface area contributed by atoms with Gasteiger partial charge in [0.15, 0.2) is 0 Å². The number of benzene rings is 1. The summed E-state index contributed by atoms with van der Waals surface area (Å²) < 4.78 is 0. The van der Waals surface area contributed by atoms with Gasteiger partial charge >= 0.3 is 5.97 Å². The number of hydrogen-bond acceptors (Lipinski definition) is 2. The molecule has 0 aliphatic heterocycles. The van der Waals surface area contributed by atoms with Gasteiger partial charge in [-0.1, -0.05) is 37.6 Å². The molecule has 0 fully saturated rings. The molecule has 1 aromatic carbocycles. The molecule has 1 N–H and O–H groups in total. The molecule has 4 heteroatoms. The van der Waals surface area contributed by atoms with Crippen LogP contribution in [0.25, 0.3) is 10.9 Å². The van der Waals surface area contributed by atoms with Crippen LogP contribution in [0.3, 0.4) is 0 Å². The Bertz CT molecular complexity index is 707. The highest BCUT2D eigenvalue weighted by molar-refractivity contribution is 6.35. The number of hydrogen-bond donors (Lipinski definition) is 1. The fraction of sp³-hybridized carbons (Fsp3) is 0.333. The van der Waals surface area contributed by atoms with Crippen molar-refractivity contribution in [3.8, 4) is 0 Å². The zero-order chi connectivity index (χ0) is 13.8. The summed E-state index contributed by atoms with van der Waals surface area (Å²) in [6.07, 6.45) is 1.68. The van der Waals surface area contributed by atoms with Crippen molar-refractivity contribution in [2.75, 3.05) is 0 Å². The Morgan fingerprint density at radius 1 is 1.42 bits per heavy atom. The maximum absolute atomic E-state index is 11.6. The van der Waals surface area contributed by atoms with Crippen molar-refractivity contribution in [3.05, 3.63) is 40.0 Å². The summed E-state index contributed by atoms with van der Waals surface area (Å²) in [7, 11) is 0. The second-order valence-corrected chi connectivity index (χ2v) is 6.05. The number of aromatic carboxylic acids is 1. The molecule has 1 aliphatic carbocycles. The summed E-state index contributed by atoms with van der Waals surface area (Å²) >= 11 is 6.17. The largest absolute Gasteiger partial charge is 0.478 e. The molecule has 0 amide bonds. The van der Waals surface area contributed by atoms with Gasteiger partial charge < -0.3 is 5.11 Å². The number of para-hydroxylation sites is 1. The van der Waals surface area contributed by atoms with Gasteiger partial charge in [0.25, 0.3) is 0 Å². The van der Waals surface area contributed by atoms with Crippen molar-refractivity contribution < 1.29 is 9.90 Å². The SMILES string of the molecule is CC1(C)CCc2c1nc1c(Cl)cccc1c2C(=O)O. The van der Waals surface area contributed by atoms with Crippen molar-refractivity contribution in [3.63, 3.8) is 0 Å². The second-order valence-electron chi connectivity index (χ2n) is 5.64. The lowest BCUT2D eigenvalue weighted by atomic mass is 9.89. The summed E-state index contributed by atoms with van der Waals surface area (Å²) in [4.78, 5) is 16.3. The lowest BCUT2D eigenvalue weighted by Gasteiger charge is -2.19. The third-order valence-electron chi connectivity index (χ3n) is 3.92. The van der Waals surface area contributed by atoms with Gasteiger partial charge in [-0.3, -0.25) is 4.98 Å². The Hall–Kier alpha value is -1.61. The minimum absolute atomic E-state index is 0.0904. The quantitative estimate of drug-likeness (QED) is 0.861. The van der Waals surface area contributed by atoms with Crippen molar-refractivity contribution in [2.45, 2.75) is 32.1 Å². The molecule has 98 valence electrons. The molecule has 0 spiro atoms. The third kappa shape index (κ3) is 1.72. The van der Waals surface area contributed by atoms with Gasteiger partial charge in [-0.2, -0.15) is 0 Å². The Morgan fingerprint density at radius 2 is 2.16 bits per heavy atom. The normalized spacial score (nSPS) is 16.6. The van der Waals surface area contributed by atoms with Gasteiger partial charge in [0.05, 0.1) is 21.8 Å². The summed E-state index contributed by atoms with van der Waals surface area (Å²) in [5, 5.41) is 10.7. The monoisotopic (exact) mass is 275 g/mol. The van der Waals surface area contributed by atoms with Crippen LogP contribution < -0.4 is 0 Å². The fourth-order valence-corrected chi connectivity index (χ4v) is 3.11. The van der Waals surface area contributed by atoms with Crippen LogP contribution in [0.4, 0.5) is 0 Å². The van der Waals surface area contributed by atoms with Gasteiger partial charge in [0, 0.05) is 10.8 Å². The number of rotatable bonds is 1. The van der Waals surface area contributed by atoms with Crippen LogP contribution in [0.1, 0.15) is 41.9 Å². The zero-order valence-electron chi connectivity index (χ0n) is 10.8. The number of fused-ring (bicyclic) bond motifs is 2. The maximum Gasteiger partial charge on any atom is 0.336 e. The van der Waals surface area contributed by atoms with Crippen LogP contribution in [0, 0.1) is 0 Å². The zero-order valence-corrected chi connectivity index (χ0v) is 11.6. The average Bonchev–Trinajstić information content (AvgIpc) is 2.63. The molecule has 3 rings (SSSR count). The van der Waals surface area contributed by atoms with E-state index in [1.54, 1.807) is 18.2 Å². The van der Waals surface area contributed by atoms with Crippen molar-refractivity contribution in [1.29, 1.82) is 0 Å². The van der Waals surface area contributed by atoms with Crippen LogP contribution in [0.5, 0.6) is 0 Å². The third-order valence-corrected chi connectivity index (χ3v) is 4.23. The molecule has 1 aromatic heterocycles. The summed E-state index contributed by atoms with van der Waals surface area (Å²) in [6, 6.07) is 5.30. The molecule has 0 unspecified atom stereocenters. The van der Waals surface area contributed by atoms with E-state index < -0.39 is 5.97 Å². The minimum atomic E-state index is -0.899. The molecule has 1 aliphatic rings. The van der Waals surface area contributed by atoms with Gasteiger partial charge in [0.1, 0.15) is 0 Å². The van der Waals surface area contributed by atoms with E-state index in [-0.39, 0.29) is 5.41 Å². The van der Waals surface area contributed by atoms with E-state index in [1.807, 2.05) is 0 Å². The number of nitrogens with zero attached hydrogens (tertiary/aromatic N) is 1. The first kappa shape index (κ1) is 12.4. The number of halogens is 1. The van der Waals surface area contributed by atoms with Crippen molar-refractivity contribution >= 4 is 28.5 Å². The van der Waals surface area contributed by atoms with E-state index in [1.165, 1.54) is 0 Å². The Labute approximate surface area is 116 Å². The first-order valence-electron chi connectivity index (χ1n) is 6.27. The van der Waals surface area contributed by atoms with E-state index in [2.05, 4.69) is 18.8 Å². The standard InChI is InChI=1S/C15H14ClNO2/c1-15(2)7-6-9-11(14(18)19)8-4-3-5-10(16)12(8)17-13(9)15/h3-5H,6-7H2,1-2H3,(H,18,19). The lowest BCUT2D eigenvalue weighted by Crippen LogP contribution is -2.15. The van der Waals surface area contributed by atoms with Crippen molar-refractivity contribution in [1.82, 2.24) is 4.98 Å². The molecule has 1 heterocycles. The number of carbonyl (C=O) groups is 1. The molecule has 0 bridgehead atoms. The van der Waals surface area contributed by atoms with Crippen molar-refractivity contribution in [2.24, 2.45) is 0 Å². The van der Waals surface area contributed by atoms with Crippen LogP contribution in [0.2, 0.25) is 5.02 Å². The first-order chi connectivity index (χ1) is 8.92. The molecule has 0 atom stereocenters. The predicted octanol–water partition coefficient (Wildman–Crippen LogP) is 3.81. The van der Waals surface area contributed by atoms with Crippen LogP contribution >= 0.6 is 11.6 Å². The van der Waals surface area contributed by atoms with E-state index in [0.717, 1.165) is 24.1 Å². The Morgan fingerprint density at radius 3 is 2.84 bits per heavy atom. The molecule has 0 saturated heterocycles. The fourth-order valence-electron chi connectivity index (χ4n) is 2.89. The highest BCUT2D eigenvalue weighted by Gasteiger charge is 2.35. The van der Waals surface area contributed by atoms with Gasteiger partial charge in [-0.15, -0.1) is 0 Å². The van der Waals surface area contributed by atoms with E-state index in [0.29, 0.717) is 21.5 Å². The van der Waals surface area contributed by atoms with Gasteiger partial charge in [0.2, 0.25) is 0 Å². The molecule has 0 saturated carbocycles. The number of carboxylic acids is 1. The molecule has 3 nitrogen and oxygen atoms in total. The van der Waals surface area contributed by atoms with E-state index in [9.17, 15) is 9.90 Å². The van der Waals surface area contributed by atoms with E-state index >= 15 is 0 Å². The molecular formula is C15H14ClNO2. The van der Waals surface area contributed by atoms with E-state index in [4.69, 9.17) is 11.6 Å². The summed E-state index contributed by atoms with van der Waals surface area (Å²) in [5.41, 5.74) is 2.62. The summed E-state index contributed by atoms with van der Waals surface area (Å²) in [6.45, 7) is 4.19. The molecular weight excluding hydrogens is 262 g/mol. The van der Waals surface area contributed by atoms with Crippen LogP contribution in [0.15, 0.2) is 18.2 Å². The first-order valence-corrected chi connectivity index (χ1v) is 6.64. The highest BCUT2D eigenvalue weighted by Crippen LogP contribution is 2.41. The van der Waals surface area contributed by atoms with Gasteiger partial charge in [-0.25, -0.2) is 4.79 Å². The summed E-state index contributed by atoms with van der Waals surface area (Å²) in [5.74, 6) is -0.899. The number of pyridine rings is 1. The molecule has 0 radical (unpaired) electrons. The Balaban J connectivity index is 2.49. The average molecular weight is 276 g/mol.